The number of hydrogen-bond donors (Lipinski definition) is 1. The minimum Gasteiger partial charge on any atom is -0.417 e. The first-order valence-electron chi connectivity index (χ1n) is 7.05. The molecule has 0 aliphatic carbocycles. The Morgan fingerprint density at radius 3 is 2.72 bits per heavy atom. The average molecular weight is 346 g/mol. The van der Waals surface area contributed by atoms with E-state index in [0.29, 0.717) is 11.4 Å². The van der Waals surface area contributed by atoms with Gasteiger partial charge in [0.2, 0.25) is 11.7 Å². The molecule has 0 bridgehead atoms. The maximum absolute atomic E-state index is 12.2. The molecule has 25 heavy (non-hydrogen) atoms. The smallest absolute Gasteiger partial charge is 0.388 e. The second-order valence-corrected chi connectivity index (χ2v) is 4.87. The van der Waals surface area contributed by atoms with Crippen molar-refractivity contribution < 1.29 is 18.3 Å². The third-order valence-corrected chi connectivity index (χ3v) is 3.14. The number of imidazole rings is 1. The number of aromatic nitrogens is 5. The molecule has 1 N–H and O–H groups in total. The molecular formula is C15H12F2N6O2. The van der Waals surface area contributed by atoms with E-state index in [2.05, 4.69) is 30.0 Å². The van der Waals surface area contributed by atoms with Crippen LogP contribution in [0.5, 0.6) is 5.88 Å². The lowest BCUT2D eigenvalue weighted by Crippen LogP contribution is -2.16. The van der Waals surface area contributed by atoms with Crippen LogP contribution in [-0.2, 0) is 7.05 Å². The van der Waals surface area contributed by atoms with Crippen LogP contribution in [0, 0.1) is 0 Å². The van der Waals surface area contributed by atoms with Crippen LogP contribution < -0.4 is 10.1 Å². The summed E-state index contributed by atoms with van der Waals surface area (Å²) >= 11 is 0. The molecule has 0 fully saturated rings. The summed E-state index contributed by atoms with van der Waals surface area (Å²) in [6.45, 7) is -2.96. The molecule has 3 rings (SSSR count). The van der Waals surface area contributed by atoms with Crippen molar-refractivity contribution in [1.29, 1.82) is 0 Å². The van der Waals surface area contributed by atoms with Crippen LogP contribution in [-0.4, -0.2) is 37.0 Å². The van der Waals surface area contributed by atoms with Crippen LogP contribution in [0.4, 0.5) is 14.5 Å². The van der Waals surface area contributed by atoms with Gasteiger partial charge in [-0.3, -0.25) is 4.79 Å². The molecule has 0 aliphatic rings. The van der Waals surface area contributed by atoms with Gasteiger partial charge in [0.15, 0.2) is 0 Å². The van der Waals surface area contributed by atoms with Crippen LogP contribution in [0.1, 0.15) is 10.6 Å². The number of ether oxygens (including phenoxy) is 1. The number of carbonyl (C=O) groups excluding carboxylic acids is 1. The number of hydrogen-bond acceptors (Lipinski definition) is 6. The van der Waals surface area contributed by atoms with Crippen LogP contribution in [0.15, 0.2) is 43.1 Å². The van der Waals surface area contributed by atoms with E-state index in [4.69, 9.17) is 0 Å². The summed E-state index contributed by atoms with van der Waals surface area (Å²) in [6, 6.07) is 4.26. The number of pyridine rings is 1. The van der Waals surface area contributed by atoms with Gasteiger partial charge in [0, 0.05) is 19.3 Å². The number of rotatable bonds is 5. The molecule has 0 unspecified atom stereocenters. The van der Waals surface area contributed by atoms with Crippen LogP contribution in [0.25, 0.3) is 11.4 Å². The number of anilines is 1. The first-order chi connectivity index (χ1) is 12.0. The lowest BCUT2D eigenvalue weighted by atomic mass is 10.3. The number of carbonyl (C=O) groups is 1. The van der Waals surface area contributed by atoms with Gasteiger partial charge in [0.05, 0.1) is 35.8 Å². The fourth-order valence-corrected chi connectivity index (χ4v) is 2.02. The molecular weight excluding hydrogens is 334 g/mol. The molecule has 10 heteroatoms. The molecule has 0 saturated heterocycles. The Morgan fingerprint density at radius 2 is 2.08 bits per heavy atom. The minimum atomic E-state index is -2.96. The predicted molar refractivity (Wildman–Crippen MR) is 83.1 cm³/mol. The van der Waals surface area contributed by atoms with Gasteiger partial charge in [0.25, 0.3) is 5.91 Å². The molecule has 1 amide bonds. The summed E-state index contributed by atoms with van der Waals surface area (Å²) in [4.78, 5) is 28.0. The molecule has 0 radical (unpaired) electrons. The molecule has 128 valence electrons. The Balaban J connectivity index is 1.74. The summed E-state index contributed by atoms with van der Waals surface area (Å²) < 4.78 is 30.1. The molecule has 8 nitrogen and oxygen atoms in total. The Morgan fingerprint density at radius 1 is 1.24 bits per heavy atom. The van der Waals surface area contributed by atoms with Gasteiger partial charge >= 0.3 is 6.61 Å². The first kappa shape index (κ1) is 16.4. The highest BCUT2D eigenvalue weighted by atomic mass is 19.3. The highest BCUT2D eigenvalue weighted by Gasteiger charge is 2.13. The average Bonchev–Trinajstić information content (AvgIpc) is 3.02. The number of aryl methyl sites for hydroxylation is 1. The number of amides is 1. The van der Waals surface area contributed by atoms with Crippen molar-refractivity contribution in [1.82, 2.24) is 24.5 Å². The lowest BCUT2D eigenvalue weighted by Gasteiger charge is -2.07. The van der Waals surface area contributed by atoms with E-state index in [1.165, 1.54) is 24.5 Å². The van der Waals surface area contributed by atoms with Gasteiger partial charge in [-0.2, -0.15) is 8.78 Å². The molecule has 0 aromatic carbocycles. The van der Waals surface area contributed by atoms with E-state index in [1.807, 2.05) is 0 Å². The van der Waals surface area contributed by atoms with Gasteiger partial charge in [-0.15, -0.1) is 0 Å². The second kappa shape index (κ2) is 6.99. The van der Waals surface area contributed by atoms with Crippen molar-refractivity contribution in [2.45, 2.75) is 6.61 Å². The second-order valence-electron chi connectivity index (χ2n) is 4.87. The van der Waals surface area contributed by atoms with E-state index >= 15 is 0 Å². The van der Waals surface area contributed by atoms with E-state index < -0.39 is 12.5 Å². The van der Waals surface area contributed by atoms with E-state index in [-0.39, 0.29) is 11.7 Å². The summed E-state index contributed by atoms with van der Waals surface area (Å²) in [5.74, 6) is -0.859. The quantitative estimate of drug-likeness (QED) is 0.760. The third kappa shape index (κ3) is 3.91. The molecule has 3 heterocycles. The molecule has 0 saturated carbocycles. The summed E-state index contributed by atoms with van der Waals surface area (Å²) in [6.07, 6.45) is 5.89. The lowest BCUT2D eigenvalue weighted by molar-refractivity contribution is -0.0528. The summed E-state index contributed by atoms with van der Waals surface area (Å²) in [7, 11) is 1.80. The highest BCUT2D eigenvalue weighted by Crippen LogP contribution is 2.16. The third-order valence-electron chi connectivity index (χ3n) is 3.14. The van der Waals surface area contributed by atoms with Crippen LogP contribution in [0.3, 0.4) is 0 Å². The molecule has 0 aliphatic heterocycles. The van der Waals surface area contributed by atoms with E-state index in [0.717, 1.165) is 5.69 Å². The fourth-order valence-electron chi connectivity index (χ4n) is 2.02. The Bertz CT molecular complexity index is 882. The largest absolute Gasteiger partial charge is 0.417 e. The van der Waals surface area contributed by atoms with Gasteiger partial charge in [-0.25, -0.2) is 19.9 Å². The van der Waals surface area contributed by atoms with Crippen molar-refractivity contribution in [2.24, 2.45) is 7.05 Å². The van der Waals surface area contributed by atoms with Crippen molar-refractivity contribution in [2.75, 3.05) is 5.32 Å². The van der Waals surface area contributed by atoms with E-state index in [1.54, 1.807) is 30.2 Å². The molecule has 3 aromatic heterocycles. The van der Waals surface area contributed by atoms with Crippen molar-refractivity contribution in [3.05, 3.63) is 48.9 Å². The molecule has 3 aromatic rings. The fraction of sp³-hybridized carbons (Fsp3) is 0.133. The maximum atomic E-state index is 12.2. The van der Waals surface area contributed by atoms with E-state index in [9.17, 15) is 13.6 Å². The standard InChI is InChI=1S/C15H12F2N6O2/c1-23-8-18-7-11(23)10-4-5-19-13(22-10)14(24)21-9-2-3-12(20-6-9)25-15(16)17/h2-8,15H,1H3,(H,21,24). The SMILES string of the molecule is Cn1cncc1-c1ccnc(C(=O)Nc2ccc(OC(F)F)nc2)n1. The zero-order valence-electron chi connectivity index (χ0n) is 12.9. The predicted octanol–water partition coefficient (Wildman–Crippen LogP) is 2.13. The molecule has 0 spiro atoms. The monoisotopic (exact) mass is 346 g/mol. The Kier molecular flexibility index (Phi) is 4.59. The van der Waals surface area contributed by atoms with Crippen LogP contribution >= 0.6 is 0 Å². The normalized spacial score (nSPS) is 10.7. The zero-order valence-corrected chi connectivity index (χ0v) is 12.9. The summed E-state index contributed by atoms with van der Waals surface area (Å²) in [5, 5.41) is 2.53. The van der Waals surface area contributed by atoms with Crippen molar-refractivity contribution >= 4 is 11.6 Å². The number of nitrogens with one attached hydrogen (secondary N) is 1. The van der Waals surface area contributed by atoms with Gasteiger partial charge in [0.1, 0.15) is 0 Å². The molecule has 0 atom stereocenters. The van der Waals surface area contributed by atoms with Gasteiger partial charge in [-0.05, 0) is 12.1 Å². The Hall–Kier alpha value is -3.43. The van der Waals surface area contributed by atoms with Crippen molar-refractivity contribution in [3.63, 3.8) is 0 Å². The number of alkyl halides is 2. The number of halogens is 2. The van der Waals surface area contributed by atoms with Crippen molar-refractivity contribution in [3.8, 4) is 17.3 Å². The highest BCUT2D eigenvalue weighted by molar-refractivity contribution is 6.01. The number of nitrogens with zero attached hydrogens (tertiary/aromatic N) is 5. The minimum absolute atomic E-state index is 0.0494. The topological polar surface area (TPSA) is 94.8 Å². The first-order valence-corrected chi connectivity index (χ1v) is 7.05. The van der Waals surface area contributed by atoms with Gasteiger partial charge < -0.3 is 14.6 Å². The zero-order chi connectivity index (χ0) is 17.8. The van der Waals surface area contributed by atoms with Gasteiger partial charge in [-0.1, -0.05) is 0 Å². The maximum Gasteiger partial charge on any atom is 0.388 e. The summed E-state index contributed by atoms with van der Waals surface area (Å²) in [5.41, 5.74) is 1.56. The Labute approximate surface area is 140 Å². The van der Waals surface area contributed by atoms with Crippen LogP contribution in [0.2, 0.25) is 0 Å².